The third kappa shape index (κ3) is 5.55. The maximum atomic E-state index is 8.70. The van der Waals surface area contributed by atoms with Gasteiger partial charge in [0, 0.05) is 43.7 Å². The summed E-state index contributed by atoms with van der Waals surface area (Å²) in [6, 6.07) is 5.65. The average Bonchev–Trinajstić information content (AvgIpc) is 2.80. The van der Waals surface area contributed by atoms with Gasteiger partial charge in [-0.1, -0.05) is 13.8 Å². The molecule has 0 aromatic carbocycles. The van der Waals surface area contributed by atoms with Crippen molar-refractivity contribution in [2.24, 2.45) is 17.4 Å². The van der Waals surface area contributed by atoms with Gasteiger partial charge in [-0.25, -0.2) is 4.98 Å². The Morgan fingerprint density at radius 2 is 2.00 bits per heavy atom. The lowest BCUT2D eigenvalue weighted by molar-refractivity contribution is 0.0683. The maximum absolute atomic E-state index is 8.70. The number of pyridine rings is 2. The smallest absolute Gasteiger partial charge is 0.132 e. The minimum absolute atomic E-state index is 0.260. The summed E-state index contributed by atoms with van der Waals surface area (Å²) in [5.41, 5.74) is 15.8. The number of nitrogens with zero attached hydrogens (tertiary/aromatic N) is 3. The topological polar surface area (TPSA) is 138 Å². The second kappa shape index (κ2) is 10.6. The molecule has 32 heavy (non-hydrogen) atoms. The van der Waals surface area contributed by atoms with Crippen LogP contribution in [0.5, 0.6) is 0 Å². The molecule has 2 aromatic rings. The van der Waals surface area contributed by atoms with Crippen LogP contribution in [0.25, 0.3) is 16.6 Å². The van der Waals surface area contributed by atoms with Crippen LogP contribution in [0.2, 0.25) is 0 Å². The second-order valence-corrected chi connectivity index (χ2v) is 7.80. The van der Waals surface area contributed by atoms with Crippen molar-refractivity contribution >= 4 is 28.3 Å². The molecule has 1 aliphatic heterocycles. The number of allylic oxidation sites excluding steroid dienone is 2. The van der Waals surface area contributed by atoms with Crippen LogP contribution in [-0.2, 0) is 4.74 Å². The number of nitrogens with one attached hydrogen (secondary N) is 3. The van der Waals surface area contributed by atoms with Crippen LogP contribution in [0.15, 0.2) is 54.3 Å². The number of anilines is 1. The fraction of sp³-hybridized carbons (Fsp3) is 0.348. The molecule has 7 N–H and O–H groups in total. The van der Waals surface area contributed by atoms with E-state index in [9.17, 15) is 0 Å². The van der Waals surface area contributed by atoms with Gasteiger partial charge in [-0.2, -0.15) is 0 Å². The van der Waals surface area contributed by atoms with Crippen molar-refractivity contribution in [3.63, 3.8) is 0 Å². The maximum Gasteiger partial charge on any atom is 0.132 e. The van der Waals surface area contributed by atoms with Gasteiger partial charge in [-0.05, 0) is 42.0 Å². The van der Waals surface area contributed by atoms with E-state index in [2.05, 4.69) is 34.4 Å². The van der Waals surface area contributed by atoms with Crippen LogP contribution in [-0.4, -0.2) is 54.1 Å². The first-order valence-electron chi connectivity index (χ1n) is 10.6. The van der Waals surface area contributed by atoms with Crippen LogP contribution in [0.3, 0.4) is 0 Å². The molecule has 0 unspecified atom stereocenters. The lowest BCUT2D eigenvalue weighted by atomic mass is 10.0. The van der Waals surface area contributed by atoms with Crippen LogP contribution >= 0.6 is 0 Å². The fourth-order valence-electron chi connectivity index (χ4n) is 3.38. The zero-order chi connectivity index (χ0) is 23.1. The molecule has 0 radical (unpaired) electrons. The summed E-state index contributed by atoms with van der Waals surface area (Å²) in [5, 5.41) is 14.9. The van der Waals surface area contributed by atoms with Crippen molar-refractivity contribution in [1.29, 1.82) is 5.41 Å². The van der Waals surface area contributed by atoms with Crippen molar-refractivity contribution in [2.75, 3.05) is 38.7 Å². The first-order valence-corrected chi connectivity index (χ1v) is 10.6. The predicted octanol–water partition coefficient (Wildman–Crippen LogP) is 2.21. The van der Waals surface area contributed by atoms with Crippen molar-refractivity contribution in [3.8, 4) is 0 Å². The number of amidine groups is 1. The van der Waals surface area contributed by atoms with Crippen molar-refractivity contribution in [3.05, 3.63) is 59.8 Å². The van der Waals surface area contributed by atoms with Gasteiger partial charge < -0.3 is 31.7 Å². The van der Waals surface area contributed by atoms with Crippen LogP contribution in [0.1, 0.15) is 19.4 Å². The minimum atomic E-state index is 0.260. The highest BCUT2D eigenvalue weighted by Crippen LogP contribution is 2.22. The predicted molar refractivity (Wildman–Crippen MR) is 130 cm³/mol. The Morgan fingerprint density at radius 3 is 2.66 bits per heavy atom. The monoisotopic (exact) mass is 436 g/mol. The van der Waals surface area contributed by atoms with E-state index >= 15 is 0 Å². The molecule has 0 bridgehead atoms. The molecule has 1 fully saturated rings. The Bertz CT molecular complexity index is 1050. The lowest BCUT2D eigenvalue weighted by Gasteiger charge is -2.30. The van der Waals surface area contributed by atoms with Crippen molar-refractivity contribution < 1.29 is 4.74 Å². The Morgan fingerprint density at radius 1 is 1.25 bits per heavy atom. The van der Waals surface area contributed by atoms with E-state index in [1.165, 1.54) is 0 Å². The number of hydrogen-bond donors (Lipinski definition) is 5. The number of ether oxygens (including phenoxy) is 1. The van der Waals surface area contributed by atoms with Gasteiger partial charge in [0.15, 0.2) is 0 Å². The normalized spacial score (nSPS) is 15.9. The number of morpholine rings is 1. The summed E-state index contributed by atoms with van der Waals surface area (Å²) in [4.78, 5) is 11.2. The van der Waals surface area contributed by atoms with Crippen molar-refractivity contribution in [1.82, 2.24) is 20.2 Å². The molecule has 0 spiro atoms. The molecule has 0 atom stereocenters. The third-order valence-corrected chi connectivity index (χ3v) is 5.17. The first kappa shape index (κ1) is 23.1. The molecule has 0 saturated carbocycles. The van der Waals surface area contributed by atoms with Crippen LogP contribution in [0.4, 0.5) is 5.82 Å². The minimum Gasteiger partial charge on any atom is -0.404 e. The van der Waals surface area contributed by atoms with E-state index in [1.807, 2.05) is 42.4 Å². The Hall–Kier alpha value is -3.59. The van der Waals surface area contributed by atoms with E-state index in [4.69, 9.17) is 21.6 Å². The quantitative estimate of drug-likeness (QED) is 0.253. The van der Waals surface area contributed by atoms with Gasteiger partial charge in [0.25, 0.3) is 0 Å². The molecule has 0 amide bonds. The van der Waals surface area contributed by atoms with Crippen molar-refractivity contribution in [2.45, 2.75) is 13.8 Å². The molecule has 2 aromatic heterocycles. The summed E-state index contributed by atoms with van der Waals surface area (Å²) in [5.74, 6) is 1.75. The zero-order valence-electron chi connectivity index (χ0n) is 18.9. The summed E-state index contributed by atoms with van der Waals surface area (Å²) >= 11 is 0. The molecule has 1 aliphatic rings. The van der Waals surface area contributed by atoms with Gasteiger partial charge in [0.2, 0.25) is 0 Å². The largest absolute Gasteiger partial charge is 0.404 e. The summed E-state index contributed by atoms with van der Waals surface area (Å²) in [7, 11) is 1.82. The third-order valence-electron chi connectivity index (χ3n) is 5.17. The molecule has 1 saturated heterocycles. The Kier molecular flexibility index (Phi) is 7.67. The van der Waals surface area contributed by atoms with E-state index in [1.54, 1.807) is 12.4 Å². The molecule has 9 heteroatoms. The molecule has 170 valence electrons. The number of fused-ring (bicyclic) bond motifs is 1. The number of aromatic nitrogens is 2. The zero-order valence-corrected chi connectivity index (χ0v) is 18.9. The SMILES string of the molecule is CN/C=C(\C(=N)N1CCOCC1)c1cnc2ccc(N/C(N)=C/C(=C\N)C(C)C)nc2c1. The molecular weight excluding hydrogens is 404 g/mol. The molecule has 9 nitrogen and oxygen atoms in total. The lowest BCUT2D eigenvalue weighted by Crippen LogP contribution is -2.41. The Labute approximate surface area is 188 Å². The highest BCUT2D eigenvalue weighted by molar-refractivity contribution is 6.21. The number of hydrogen-bond acceptors (Lipinski definition) is 8. The van der Waals surface area contributed by atoms with E-state index in [0.717, 1.165) is 22.2 Å². The number of nitrogens with two attached hydrogens (primary N) is 2. The molecule has 0 aliphatic carbocycles. The van der Waals surface area contributed by atoms with Gasteiger partial charge in [0.05, 0.1) is 24.2 Å². The first-order chi connectivity index (χ1) is 15.4. The second-order valence-electron chi connectivity index (χ2n) is 7.80. The van der Waals surface area contributed by atoms with Gasteiger partial charge >= 0.3 is 0 Å². The standard InChI is InChI=1S/C23H32N8O/c1-15(2)16(12-24)11-21(25)30-22-5-4-19-20(29-22)10-17(13-28-19)18(14-27-3)23(26)31-6-8-32-9-7-31/h4-5,10-15,26-27H,6-9,24-25H2,1-3H3,(H,29,30)/b16-12+,18-14-,21-11+,26-23?. The van der Waals surface area contributed by atoms with Crippen LogP contribution in [0, 0.1) is 11.3 Å². The summed E-state index contributed by atoms with van der Waals surface area (Å²) < 4.78 is 5.41. The number of rotatable bonds is 7. The highest BCUT2D eigenvalue weighted by atomic mass is 16.5. The molecule has 3 heterocycles. The highest BCUT2D eigenvalue weighted by Gasteiger charge is 2.19. The van der Waals surface area contributed by atoms with E-state index in [0.29, 0.717) is 49.3 Å². The van der Waals surface area contributed by atoms with Gasteiger partial charge in [0.1, 0.15) is 17.5 Å². The fourth-order valence-corrected chi connectivity index (χ4v) is 3.38. The average molecular weight is 437 g/mol. The molecular formula is C23H32N8O. The van der Waals surface area contributed by atoms with Gasteiger partial charge in [-0.15, -0.1) is 0 Å². The van der Waals surface area contributed by atoms with Crippen LogP contribution < -0.4 is 22.1 Å². The Balaban J connectivity index is 1.89. The van der Waals surface area contributed by atoms with E-state index < -0.39 is 0 Å². The summed E-state index contributed by atoms with van der Waals surface area (Å²) in [6.45, 7) is 6.72. The summed E-state index contributed by atoms with van der Waals surface area (Å²) in [6.07, 6.45) is 6.95. The van der Waals surface area contributed by atoms with Gasteiger partial charge in [-0.3, -0.25) is 10.4 Å². The molecule has 3 rings (SSSR count). The van der Waals surface area contributed by atoms with E-state index in [-0.39, 0.29) is 5.92 Å².